The van der Waals surface area contributed by atoms with Crippen molar-refractivity contribution >= 4 is 38.7 Å². The van der Waals surface area contributed by atoms with Crippen molar-refractivity contribution in [2.45, 2.75) is 85.3 Å². The fraction of sp³-hybridized carbons (Fsp3) is 0.400. The van der Waals surface area contributed by atoms with Crippen molar-refractivity contribution in [3.63, 3.8) is 0 Å². The largest absolute Gasteiger partial charge is 0.488 e. The molecule has 3 heterocycles. The second-order valence-electron chi connectivity index (χ2n) is 12.2. The maximum Gasteiger partial charge on any atom is 0.186 e. The van der Waals surface area contributed by atoms with E-state index in [1.165, 1.54) is 5.56 Å². The van der Waals surface area contributed by atoms with Gasteiger partial charge in [-0.2, -0.15) is 9.78 Å². The van der Waals surface area contributed by atoms with E-state index in [0.29, 0.717) is 28.8 Å². The van der Waals surface area contributed by atoms with Gasteiger partial charge in [0.15, 0.2) is 22.1 Å². The van der Waals surface area contributed by atoms with Crippen molar-refractivity contribution in [2.24, 2.45) is 15.2 Å². The first-order valence-corrected chi connectivity index (χ1v) is 16.7. The molecule has 10 heteroatoms. The van der Waals surface area contributed by atoms with Crippen LogP contribution in [0.4, 0.5) is 17.2 Å². The number of fused-ring (bicyclic) bond motifs is 1. The van der Waals surface area contributed by atoms with Crippen molar-refractivity contribution in [1.82, 2.24) is 19.3 Å². The number of thiazole rings is 1. The van der Waals surface area contributed by atoms with Gasteiger partial charge in [-0.15, -0.1) is 10.2 Å². The Morgan fingerprint density at radius 3 is 2.40 bits per heavy atom. The summed E-state index contributed by atoms with van der Waals surface area (Å²) in [4.78, 5) is 10.4. The van der Waals surface area contributed by atoms with Gasteiger partial charge in [-0.25, -0.2) is 4.98 Å². The number of unbranched alkanes of at least 4 members (excludes halogenated alkanes) is 1. The zero-order valence-corrected chi connectivity index (χ0v) is 28.0. The number of pyridine rings is 1. The van der Waals surface area contributed by atoms with Gasteiger partial charge in [0.05, 0.1) is 28.6 Å². The number of ether oxygens (including phenoxy) is 1. The first kappa shape index (κ1) is 32.1. The molecule has 0 fully saturated rings. The lowest BCUT2D eigenvalue weighted by Crippen LogP contribution is -2.17. The van der Waals surface area contributed by atoms with E-state index in [4.69, 9.17) is 30.8 Å². The van der Waals surface area contributed by atoms with E-state index in [9.17, 15) is 0 Å². The van der Waals surface area contributed by atoms with Crippen LogP contribution in [-0.2, 0) is 12.0 Å². The Labute approximate surface area is 269 Å². The molecule has 0 amide bonds. The standard InChI is InChI=1S/C35H44N8OS/c1-7-10-19-38-34-42(23-24-16-12-11-13-17-24)27-22-28(44-25(8-2)9-3)26(21-29(27)45-34)39-40-31-32(35(4,5)6)41-43(33(31)36)30-18-14-15-20-37-30/h11-18,20-22,25H,7-10,19,23,36H2,1-6H3. The topological polar surface area (TPSA) is 108 Å². The molecule has 5 rings (SSSR count). The number of anilines is 1. The Morgan fingerprint density at radius 1 is 0.978 bits per heavy atom. The number of hydrogen-bond donors (Lipinski definition) is 1. The van der Waals surface area contributed by atoms with E-state index in [2.05, 4.69) is 87.5 Å². The van der Waals surface area contributed by atoms with Crippen LogP contribution in [0.2, 0.25) is 0 Å². The second-order valence-corrected chi connectivity index (χ2v) is 13.2. The first-order chi connectivity index (χ1) is 21.7. The Bertz CT molecular complexity index is 1810. The number of nitrogen functional groups attached to an aromatic ring is 1. The van der Waals surface area contributed by atoms with Crippen LogP contribution in [0.25, 0.3) is 16.0 Å². The third kappa shape index (κ3) is 7.33. The molecule has 0 spiro atoms. The first-order valence-electron chi connectivity index (χ1n) is 15.8. The van der Waals surface area contributed by atoms with Gasteiger partial charge in [0.2, 0.25) is 0 Å². The lowest BCUT2D eigenvalue weighted by molar-refractivity contribution is 0.194. The second kappa shape index (κ2) is 14.2. The van der Waals surface area contributed by atoms with Crippen LogP contribution in [0.1, 0.15) is 78.5 Å². The van der Waals surface area contributed by atoms with Gasteiger partial charge in [-0.3, -0.25) is 4.99 Å². The van der Waals surface area contributed by atoms with Crippen molar-refractivity contribution in [1.29, 1.82) is 0 Å². The normalized spacial score (nSPS) is 12.6. The molecule has 3 aromatic heterocycles. The van der Waals surface area contributed by atoms with Crippen molar-refractivity contribution < 1.29 is 4.74 Å². The number of benzene rings is 2. The average Bonchev–Trinajstić information content (AvgIpc) is 3.55. The summed E-state index contributed by atoms with van der Waals surface area (Å²) in [5.74, 6) is 1.70. The Balaban J connectivity index is 1.66. The average molecular weight is 625 g/mol. The van der Waals surface area contributed by atoms with Crippen LogP contribution < -0.4 is 15.3 Å². The molecular weight excluding hydrogens is 581 g/mol. The minimum atomic E-state index is -0.326. The van der Waals surface area contributed by atoms with Crippen molar-refractivity contribution in [3.8, 4) is 11.6 Å². The lowest BCUT2D eigenvalue weighted by atomic mass is 9.91. The fourth-order valence-corrected chi connectivity index (χ4v) is 6.12. The number of hydrogen-bond acceptors (Lipinski definition) is 8. The van der Waals surface area contributed by atoms with E-state index in [-0.39, 0.29) is 11.5 Å². The number of aromatic nitrogens is 4. The number of nitrogens with zero attached hydrogens (tertiary/aromatic N) is 7. The van der Waals surface area contributed by atoms with E-state index in [1.807, 2.05) is 24.3 Å². The molecule has 0 saturated heterocycles. The monoisotopic (exact) mass is 624 g/mol. The maximum absolute atomic E-state index is 6.67. The SMILES string of the molecule is CCCCN=c1sc2cc(N=Nc3c(C(C)(C)C)nn(-c4ccccn4)c3N)c(OC(CC)CC)cc2n1Cc1ccccc1. The Kier molecular flexibility index (Phi) is 10.1. The smallest absolute Gasteiger partial charge is 0.186 e. The number of rotatable bonds is 12. The summed E-state index contributed by atoms with van der Waals surface area (Å²) in [6, 6.07) is 20.3. The van der Waals surface area contributed by atoms with Crippen LogP contribution in [0.5, 0.6) is 5.75 Å². The molecule has 0 radical (unpaired) electrons. The molecule has 0 aliphatic rings. The number of azo groups is 1. The third-order valence-corrected chi connectivity index (χ3v) is 8.72. The third-order valence-electron chi connectivity index (χ3n) is 7.64. The Morgan fingerprint density at radius 2 is 1.73 bits per heavy atom. The van der Waals surface area contributed by atoms with E-state index in [0.717, 1.165) is 59.5 Å². The summed E-state index contributed by atoms with van der Waals surface area (Å²) in [6.45, 7) is 14.2. The van der Waals surface area contributed by atoms with Gasteiger partial charge in [0.25, 0.3) is 0 Å². The molecular formula is C35H44N8OS. The molecule has 0 aliphatic heterocycles. The summed E-state index contributed by atoms with van der Waals surface area (Å²) in [6.07, 6.45) is 5.68. The molecule has 0 aliphatic carbocycles. The van der Waals surface area contributed by atoms with Crippen LogP contribution in [-0.4, -0.2) is 32.0 Å². The fourth-order valence-electron chi connectivity index (χ4n) is 5.05. The Hall–Kier alpha value is -4.31. The van der Waals surface area contributed by atoms with Gasteiger partial charge in [-0.05, 0) is 43.0 Å². The minimum absolute atomic E-state index is 0.0495. The molecule has 9 nitrogen and oxygen atoms in total. The van der Waals surface area contributed by atoms with Crippen LogP contribution in [0, 0.1) is 0 Å². The summed E-state index contributed by atoms with van der Waals surface area (Å²) >= 11 is 1.67. The predicted molar refractivity (Wildman–Crippen MR) is 184 cm³/mol. The number of nitrogens with two attached hydrogens (primary N) is 1. The molecule has 0 saturated carbocycles. The van der Waals surface area contributed by atoms with E-state index in [1.54, 1.807) is 22.2 Å². The summed E-state index contributed by atoms with van der Waals surface area (Å²) in [5.41, 5.74) is 10.5. The quantitative estimate of drug-likeness (QED) is 0.110. The van der Waals surface area contributed by atoms with Gasteiger partial charge < -0.3 is 15.0 Å². The minimum Gasteiger partial charge on any atom is -0.488 e. The highest BCUT2D eigenvalue weighted by molar-refractivity contribution is 7.16. The highest BCUT2D eigenvalue weighted by Crippen LogP contribution is 2.40. The maximum atomic E-state index is 6.67. The zero-order valence-electron chi connectivity index (χ0n) is 27.2. The summed E-state index contributed by atoms with van der Waals surface area (Å²) < 4.78 is 11.6. The highest BCUT2D eigenvalue weighted by Gasteiger charge is 2.27. The van der Waals surface area contributed by atoms with E-state index < -0.39 is 0 Å². The molecule has 5 aromatic rings. The lowest BCUT2D eigenvalue weighted by Gasteiger charge is -2.17. The van der Waals surface area contributed by atoms with Crippen LogP contribution >= 0.6 is 11.3 Å². The van der Waals surface area contributed by atoms with Crippen molar-refractivity contribution in [2.75, 3.05) is 12.3 Å². The molecule has 2 aromatic carbocycles. The molecule has 0 atom stereocenters. The summed E-state index contributed by atoms with van der Waals surface area (Å²) in [7, 11) is 0. The van der Waals surface area contributed by atoms with Gasteiger partial charge >= 0.3 is 0 Å². The predicted octanol–water partition coefficient (Wildman–Crippen LogP) is 8.90. The van der Waals surface area contributed by atoms with Gasteiger partial charge in [0, 0.05) is 24.2 Å². The van der Waals surface area contributed by atoms with E-state index >= 15 is 0 Å². The van der Waals surface area contributed by atoms with Gasteiger partial charge in [0.1, 0.15) is 11.4 Å². The molecule has 0 unspecified atom stereocenters. The van der Waals surface area contributed by atoms with Crippen LogP contribution in [0.15, 0.2) is 82.1 Å². The molecule has 0 bridgehead atoms. The molecule has 2 N–H and O–H groups in total. The molecule has 236 valence electrons. The zero-order chi connectivity index (χ0) is 32.0. The summed E-state index contributed by atoms with van der Waals surface area (Å²) in [5, 5.41) is 14.4. The molecule has 45 heavy (non-hydrogen) atoms. The van der Waals surface area contributed by atoms with Crippen LogP contribution in [0.3, 0.4) is 0 Å². The van der Waals surface area contributed by atoms with Gasteiger partial charge in [-0.1, -0.05) is 95.7 Å². The highest BCUT2D eigenvalue weighted by atomic mass is 32.1. The van der Waals surface area contributed by atoms with Crippen molar-refractivity contribution in [3.05, 3.63) is 82.9 Å².